The van der Waals surface area contributed by atoms with E-state index in [0.29, 0.717) is 17.5 Å². The zero-order chi connectivity index (χ0) is 50.6. The van der Waals surface area contributed by atoms with E-state index in [9.17, 15) is 39.0 Å². The molecule has 3 heterocycles. The van der Waals surface area contributed by atoms with Gasteiger partial charge >= 0.3 is 5.97 Å². The van der Waals surface area contributed by atoms with Crippen LogP contribution in [0.5, 0.6) is 5.75 Å². The zero-order valence-electron chi connectivity index (χ0n) is 39.7. The number of nitrogens with one attached hydrogen (secondary N) is 7. The number of phenols is 1. The van der Waals surface area contributed by atoms with Crippen molar-refractivity contribution in [2.75, 3.05) is 13.1 Å². The number of para-hydroxylation sites is 2. The van der Waals surface area contributed by atoms with Crippen LogP contribution in [-0.4, -0.2) is 116 Å². The highest BCUT2D eigenvalue weighted by molar-refractivity contribution is 5.98. The van der Waals surface area contributed by atoms with E-state index >= 15 is 4.79 Å². The van der Waals surface area contributed by atoms with Crippen LogP contribution in [0.1, 0.15) is 55.4 Å². The molecule has 0 bridgehead atoms. The lowest BCUT2D eigenvalue weighted by atomic mass is 9.99. The van der Waals surface area contributed by atoms with Crippen molar-refractivity contribution in [3.8, 4) is 5.75 Å². The Balaban J connectivity index is 1.13. The first-order valence-corrected chi connectivity index (χ1v) is 23.8. The SMILES string of the molecule is CC(C)C[C@H](NC(=O)[C@@H]1CCCN1C(=O)[C@H](Cc1c[nH]c2ccccc12)NC(=O)[C@H](Cc1c[nH]c2ccccc12)NC(=O)[C@@H](N)Cc1ccc(O)cc1)C(=O)N[C@@H](Cc1ccccc1)C(=O)NCC(=O)O. The third-order valence-corrected chi connectivity index (χ3v) is 12.7. The van der Waals surface area contributed by atoms with Crippen molar-refractivity contribution in [2.24, 2.45) is 11.7 Å². The number of nitrogens with zero attached hydrogens (tertiary/aromatic N) is 1. The summed E-state index contributed by atoms with van der Waals surface area (Å²) in [6.07, 6.45) is 4.61. The van der Waals surface area contributed by atoms with Crippen molar-refractivity contribution in [3.05, 3.63) is 138 Å². The predicted molar refractivity (Wildman–Crippen MR) is 266 cm³/mol. The van der Waals surface area contributed by atoms with Crippen molar-refractivity contribution in [2.45, 2.75) is 95.0 Å². The number of phenolic OH excluding ortho intramolecular Hbond substituents is 1. The fourth-order valence-corrected chi connectivity index (χ4v) is 9.07. The van der Waals surface area contributed by atoms with Crippen LogP contribution in [0, 0.1) is 5.92 Å². The molecule has 0 saturated carbocycles. The molecule has 11 N–H and O–H groups in total. The molecule has 6 atom stereocenters. The first kappa shape index (κ1) is 50.9. The fraction of sp³-hybridized carbons (Fsp3) is 0.340. The van der Waals surface area contributed by atoms with Gasteiger partial charge in [-0.1, -0.05) is 92.7 Å². The van der Waals surface area contributed by atoms with Gasteiger partial charge in [-0.15, -0.1) is 0 Å². The molecular weight excluding hydrogens is 907 g/mol. The number of carboxylic acid groups (broad SMARTS) is 1. The summed E-state index contributed by atoms with van der Waals surface area (Å²) in [7, 11) is 0. The highest BCUT2D eigenvalue weighted by Gasteiger charge is 2.40. The molecule has 0 aliphatic carbocycles. The predicted octanol–water partition coefficient (Wildman–Crippen LogP) is 3.13. The second-order valence-electron chi connectivity index (χ2n) is 18.5. The van der Waals surface area contributed by atoms with E-state index in [1.165, 1.54) is 17.0 Å². The topological polar surface area (TPSA) is 281 Å². The van der Waals surface area contributed by atoms with Gasteiger partial charge in [0.05, 0.1) is 6.04 Å². The average molecular weight is 968 g/mol. The number of hydrogen-bond donors (Lipinski definition) is 10. The van der Waals surface area contributed by atoms with Crippen molar-refractivity contribution in [1.82, 2.24) is 41.5 Å². The molecule has 18 nitrogen and oxygen atoms in total. The smallest absolute Gasteiger partial charge is 0.322 e. The number of carbonyl (C=O) groups excluding carboxylic acids is 6. The molecule has 0 spiro atoms. The molecular formula is C53H61N9O9. The first-order valence-electron chi connectivity index (χ1n) is 23.8. The number of carboxylic acids is 1. The number of aliphatic carboxylic acids is 1. The molecule has 2 aromatic heterocycles. The molecule has 1 saturated heterocycles. The summed E-state index contributed by atoms with van der Waals surface area (Å²) in [6, 6.07) is 23.4. The number of amides is 6. The van der Waals surface area contributed by atoms with Gasteiger partial charge in [0, 0.05) is 60.0 Å². The molecule has 0 radical (unpaired) electrons. The van der Waals surface area contributed by atoms with E-state index < -0.39 is 84.2 Å². The number of carbonyl (C=O) groups is 7. The van der Waals surface area contributed by atoms with Crippen LogP contribution in [-0.2, 0) is 59.2 Å². The minimum atomic E-state index is -1.26. The molecule has 0 unspecified atom stereocenters. The van der Waals surface area contributed by atoms with E-state index in [2.05, 4.69) is 36.6 Å². The van der Waals surface area contributed by atoms with Crippen LogP contribution >= 0.6 is 0 Å². The Morgan fingerprint density at radius 2 is 1.17 bits per heavy atom. The van der Waals surface area contributed by atoms with E-state index in [1.54, 1.807) is 54.9 Å². The number of likely N-dealkylation sites (tertiary alicyclic amines) is 1. The molecule has 71 heavy (non-hydrogen) atoms. The van der Waals surface area contributed by atoms with Gasteiger partial charge in [0.1, 0.15) is 42.5 Å². The van der Waals surface area contributed by atoms with Crippen molar-refractivity contribution in [3.63, 3.8) is 0 Å². The van der Waals surface area contributed by atoms with Crippen LogP contribution in [0.25, 0.3) is 21.8 Å². The average Bonchev–Trinajstić information content (AvgIpc) is 4.12. The van der Waals surface area contributed by atoms with E-state index in [-0.39, 0.29) is 56.7 Å². The quantitative estimate of drug-likeness (QED) is 0.0475. The van der Waals surface area contributed by atoms with Gasteiger partial charge in [-0.25, -0.2) is 0 Å². The summed E-state index contributed by atoms with van der Waals surface area (Å²) < 4.78 is 0. The van der Waals surface area contributed by atoms with E-state index in [1.807, 2.05) is 62.4 Å². The van der Waals surface area contributed by atoms with Crippen LogP contribution in [0.15, 0.2) is 116 Å². The Morgan fingerprint density at radius 3 is 1.79 bits per heavy atom. The lowest BCUT2D eigenvalue weighted by molar-refractivity contribution is -0.142. The number of rotatable bonds is 22. The molecule has 6 aromatic rings. The van der Waals surface area contributed by atoms with Gasteiger partial charge in [0.25, 0.3) is 0 Å². The summed E-state index contributed by atoms with van der Waals surface area (Å²) in [4.78, 5) is 105. The van der Waals surface area contributed by atoms with Gasteiger partial charge in [-0.05, 0) is 78.1 Å². The van der Waals surface area contributed by atoms with Crippen LogP contribution in [0.2, 0.25) is 0 Å². The first-order chi connectivity index (χ1) is 34.1. The summed E-state index contributed by atoms with van der Waals surface area (Å²) in [5.74, 6) is -5.10. The van der Waals surface area contributed by atoms with Gasteiger partial charge in [0.15, 0.2) is 0 Å². The Bertz CT molecular complexity index is 2840. The molecule has 1 fully saturated rings. The van der Waals surface area contributed by atoms with Crippen molar-refractivity contribution in [1.29, 1.82) is 0 Å². The zero-order valence-corrected chi connectivity index (χ0v) is 39.7. The van der Waals surface area contributed by atoms with Crippen molar-refractivity contribution >= 4 is 63.2 Å². The van der Waals surface area contributed by atoms with Crippen LogP contribution in [0.4, 0.5) is 0 Å². The molecule has 18 heteroatoms. The van der Waals surface area contributed by atoms with Gasteiger partial charge in [0.2, 0.25) is 35.4 Å². The molecule has 1 aliphatic rings. The number of aromatic hydroxyl groups is 1. The third kappa shape index (κ3) is 13.4. The Hall–Kier alpha value is -7.99. The molecule has 7 rings (SSSR count). The lowest BCUT2D eigenvalue weighted by Crippen LogP contribution is -2.60. The van der Waals surface area contributed by atoms with Gasteiger partial charge in [-0.2, -0.15) is 0 Å². The summed E-state index contributed by atoms with van der Waals surface area (Å²) >= 11 is 0. The maximum absolute atomic E-state index is 15.1. The summed E-state index contributed by atoms with van der Waals surface area (Å²) in [5.41, 5.74) is 10.9. The summed E-state index contributed by atoms with van der Waals surface area (Å²) in [6.45, 7) is 3.25. The van der Waals surface area contributed by atoms with Gasteiger partial charge in [-0.3, -0.25) is 33.6 Å². The molecule has 6 amide bonds. The Labute approximate surface area is 410 Å². The highest BCUT2D eigenvalue weighted by Crippen LogP contribution is 2.25. The van der Waals surface area contributed by atoms with Crippen molar-refractivity contribution < 1.29 is 43.8 Å². The monoisotopic (exact) mass is 967 g/mol. The minimum absolute atomic E-state index is 0.0126. The van der Waals surface area contributed by atoms with E-state index in [0.717, 1.165) is 32.9 Å². The normalized spacial score (nSPS) is 15.6. The second-order valence-corrected chi connectivity index (χ2v) is 18.5. The molecule has 372 valence electrons. The maximum Gasteiger partial charge on any atom is 0.322 e. The Morgan fingerprint density at radius 1 is 0.634 bits per heavy atom. The van der Waals surface area contributed by atoms with Crippen LogP contribution in [0.3, 0.4) is 0 Å². The largest absolute Gasteiger partial charge is 0.508 e. The Kier molecular flexibility index (Phi) is 16.9. The van der Waals surface area contributed by atoms with Gasteiger partial charge < -0.3 is 57.4 Å². The summed E-state index contributed by atoms with van der Waals surface area (Å²) in [5, 5.41) is 34.4. The maximum atomic E-state index is 15.1. The van der Waals surface area contributed by atoms with E-state index in [4.69, 9.17) is 5.73 Å². The minimum Gasteiger partial charge on any atom is -0.508 e. The number of benzene rings is 4. The second kappa shape index (κ2) is 23.5. The highest BCUT2D eigenvalue weighted by atomic mass is 16.4. The third-order valence-electron chi connectivity index (χ3n) is 12.7. The number of aromatic amines is 2. The standard InChI is InChI=1S/C53H61N9O9/c1-31(2)23-42(50(68)59-43(49(67)57-30-47(64)65)25-32-11-4-3-5-12-32)60-52(70)46-17-10-22-62(46)53(71)45(27-35-29-56-41-16-9-7-14-38(35)41)61-51(69)44(26-34-28-55-40-15-8-6-13-37(34)40)58-48(66)39(54)24-33-18-20-36(63)21-19-33/h3-9,11-16,18-21,28-29,31,39,42-46,55-56,63H,10,17,22-27,30,54H2,1-2H3,(H,57,67)(H,58,66)(H,59,68)(H,60,70)(H,61,69)(H,64,65)/t39-,42-,43-,44-,45-,46-/m0/s1. The number of aromatic nitrogens is 2. The number of nitrogens with two attached hydrogens (primary N) is 1. The number of hydrogen-bond acceptors (Lipinski definition) is 9. The number of fused-ring (bicyclic) bond motifs is 2. The van der Waals surface area contributed by atoms with Crippen LogP contribution < -0.4 is 32.3 Å². The molecule has 1 aliphatic heterocycles. The lowest BCUT2D eigenvalue weighted by Gasteiger charge is -2.31. The molecule has 4 aromatic carbocycles. The fourth-order valence-electron chi connectivity index (χ4n) is 9.07. The number of H-pyrrole nitrogens is 2.